The number of rotatable bonds is 3. The van der Waals surface area contributed by atoms with Gasteiger partial charge in [-0.25, -0.2) is 0 Å². The lowest BCUT2D eigenvalue weighted by Crippen LogP contribution is -2.34. The van der Waals surface area contributed by atoms with Crippen LogP contribution in [0.1, 0.15) is 26.6 Å². The van der Waals surface area contributed by atoms with Crippen LogP contribution in [0, 0.1) is 5.41 Å². The van der Waals surface area contributed by atoms with Crippen molar-refractivity contribution in [3.8, 4) is 10.8 Å². The summed E-state index contributed by atoms with van der Waals surface area (Å²) in [4.78, 5) is 16.8. The third-order valence-electron chi connectivity index (χ3n) is 2.29. The summed E-state index contributed by atoms with van der Waals surface area (Å²) in [7, 11) is 0. The molecular formula is C12H15N3O2S. The molecule has 2 aromatic heterocycles. The normalized spacial score (nSPS) is 11.5. The molecule has 18 heavy (non-hydrogen) atoms. The Morgan fingerprint density at radius 2 is 2.28 bits per heavy atom. The van der Waals surface area contributed by atoms with Gasteiger partial charge in [0, 0.05) is 5.41 Å². The molecule has 0 aromatic carbocycles. The Bertz CT molecular complexity index is 526. The Hall–Kier alpha value is -1.69. The highest BCUT2D eigenvalue weighted by Gasteiger charge is 2.21. The highest BCUT2D eigenvalue weighted by molar-refractivity contribution is 7.13. The number of aromatic nitrogens is 2. The largest absolute Gasteiger partial charge is 0.348 e. The summed E-state index contributed by atoms with van der Waals surface area (Å²) in [5.74, 6) is 0.936. The first kappa shape index (κ1) is 12.8. The molecule has 0 fully saturated rings. The van der Waals surface area contributed by atoms with E-state index in [-0.39, 0.29) is 12.5 Å². The van der Waals surface area contributed by atoms with Crippen molar-refractivity contribution in [2.24, 2.45) is 5.41 Å². The van der Waals surface area contributed by atoms with Crippen LogP contribution in [0.4, 0.5) is 0 Å². The van der Waals surface area contributed by atoms with Gasteiger partial charge in [0.1, 0.15) is 0 Å². The van der Waals surface area contributed by atoms with Gasteiger partial charge < -0.3 is 9.84 Å². The van der Waals surface area contributed by atoms with E-state index in [1.54, 1.807) is 0 Å². The van der Waals surface area contributed by atoms with Gasteiger partial charge in [0.2, 0.25) is 5.91 Å². The topological polar surface area (TPSA) is 68.0 Å². The molecule has 0 aliphatic rings. The van der Waals surface area contributed by atoms with Gasteiger partial charge in [0.25, 0.3) is 5.89 Å². The van der Waals surface area contributed by atoms with Crippen molar-refractivity contribution < 1.29 is 9.32 Å². The van der Waals surface area contributed by atoms with Crippen molar-refractivity contribution in [1.29, 1.82) is 0 Å². The zero-order chi connectivity index (χ0) is 13.2. The van der Waals surface area contributed by atoms with Gasteiger partial charge in [0.05, 0.1) is 11.4 Å². The number of thiophene rings is 1. The van der Waals surface area contributed by atoms with E-state index in [4.69, 9.17) is 4.52 Å². The molecular weight excluding hydrogens is 250 g/mol. The average molecular weight is 265 g/mol. The molecule has 0 unspecified atom stereocenters. The second-order valence-electron chi connectivity index (χ2n) is 4.93. The van der Waals surface area contributed by atoms with Crippen LogP contribution in [-0.4, -0.2) is 16.0 Å². The van der Waals surface area contributed by atoms with Crippen LogP contribution in [0.3, 0.4) is 0 Å². The fourth-order valence-corrected chi connectivity index (χ4v) is 1.90. The van der Waals surface area contributed by atoms with E-state index < -0.39 is 5.41 Å². The number of hydrogen-bond donors (Lipinski definition) is 1. The first-order valence-corrected chi connectivity index (χ1v) is 6.49. The Labute approximate surface area is 109 Å². The van der Waals surface area contributed by atoms with Gasteiger partial charge in [-0.15, -0.1) is 11.3 Å². The second kappa shape index (κ2) is 4.89. The Balaban J connectivity index is 1.98. The molecule has 96 valence electrons. The molecule has 0 saturated carbocycles. The maximum absolute atomic E-state index is 11.7. The van der Waals surface area contributed by atoms with Gasteiger partial charge in [-0.1, -0.05) is 32.0 Å². The number of nitrogens with zero attached hydrogens (tertiary/aromatic N) is 2. The van der Waals surface area contributed by atoms with Gasteiger partial charge in [-0.05, 0) is 11.4 Å². The monoisotopic (exact) mass is 265 g/mol. The van der Waals surface area contributed by atoms with Gasteiger partial charge in [0.15, 0.2) is 5.82 Å². The van der Waals surface area contributed by atoms with Crippen LogP contribution in [0.5, 0.6) is 0 Å². The summed E-state index contributed by atoms with van der Waals surface area (Å²) in [6.45, 7) is 5.85. The molecule has 1 N–H and O–H groups in total. The van der Waals surface area contributed by atoms with Crippen molar-refractivity contribution in [3.05, 3.63) is 23.3 Å². The molecule has 0 aliphatic heterocycles. The van der Waals surface area contributed by atoms with Gasteiger partial charge in [-0.3, -0.25) is 4.79 Å². The molecule has 5 nitrogen and oxygen atoms in total. The first-order chi connectivity index (χ1) is 8.47. The van der Waals surface area contributed by atoms with Crippen molar-refractivity contribution in [3.63, 3.8) is 0 Å². The summed E-state index contributed by atoms with van der Waals surface area (Å²) >= 11 is 1.53. The molecule has 0 aliphatic carbocycles. The van der Waals surface area contributed by atoms with Crippen LogP contribution in [0.15, 0.2) is 22.0 Å². The molecule has 2 aromatic rings. The molecule has 2 heterocycles. The minimum Gasteiger partial charge on any atom is -0.348 e. The van der Waals surface area contributed by atoms with Gasteiger partial charge >= 0.3 is 0 Å². The highest BCUT2D eigenvalue weighted by Crippen LogP contribution is 2.22. The Kier molecular flexibility index (Phi) is 3.47. The summed E-state index contributed by atoms with van der Waals surface area (Å²) in [6.07, 6.45) is 0. The van der Waals surface area contributed by atoms with Crippen molar-refractivity contribution in [2.45, 2.75) is 27.3 Å². The predicted octanol–water partition coefficient (Wildman–Crippen LogP) is 2.46. The smallest absolute Gasteiger partial charge is 0.268 e. The molecule has 2 rings (SSSR count). The predicted molar refractivity (Wildman–Crippen MR) is 68.9 cm³/mol. The third-order valence-corrected chi connectivity index (χ3v) is 3.15. The van der Waals surface area contributed by atoms with E-state index in [1.165, 1.54) is 11.3 Å². The third kappa shape index (κ3) is 2.95. The van der Waals surface area contributed by atoms with Gasteiger partial charge in [-0.2, -0.15) is 4.98 Å². The molecule has 1 amide bonds. The van der Waals surface area contributed by atoms with Crippen LogP contribution in [0.25, 0.3) is 10.8 Å². The van der Waals surface area contributed by atoms with Crippen LogP contribution < -0.4 is 5.32 Å². The maximum atomic E-state index is 11.7. The minimum atomic E-state index is -0.416. The van der Waals surface area contributed by atoms with E-state index in [0.717, 1.165) is 4.88 Å². The average Bonchev–Trinajstić information content (AvgIpc) is 2.94. The summed E-state index contributed by atoms with van der Waals surface area (Å²) in [5, 5.41) is 8.55. The number of carbonyl (C=O) groups is 1. The summed E-state index contributed by atoms with van der Waals surface area (Å²) in [6, 6.07) is 3.83. The molecule has 0 bridgehead atoms. The lowest BCUT2D eigenvalue weighted by atomic mass is 9.96. The van der Waals surface area contributed by atoms with Crippen LogP contribution >= 0.6 is 11.3 Å². The molecule has 6 heteroatoms. The van der Waals surface area contributed by atoms with E-state index in [1.807, 2.05) is 38.3 Å². The number of amides is 1. The van der Waals surface area contributed by atoms with E-state index in [9.17, 15) is 4.79 Å². The SMILES string of the molecule is CC(C)(C)C(=O)NCc1noc(-c2cccs2)n1. The zero-order valence-electron chi connectivity index (χ0n) is 10.6. The summed E-state index contributed by atoms with van der Waals surface area (Å²) in [5.41, 5.74) is -0.416. The van der Waals surface area contributed by atoms with Crippen molar-refractivity contribution >= 4 is 17.2 Å². The molecule has 0 spiro atoms. The fourth-order valence-electron chi connectivity index (χ4n) is 1.25. The lowest BCUT2D eigenvalue weighted by molar-refractivity contribution is -0.128. The van der Waals surface area contributed by atoms with Crippen molar-refractivity contribution in [2.75, 3.05) is 0 Å². The van der Waals surface area contributed by atoms with E-state index >= 15 is 0 Å². The highest BCUT2D eigenvalue weighted by atomic mass is 32.1. The van der Waals surface area contributed by atoms with Crippen molar-refractivity contribution in [1.82, 2.24) is 15.5 Å². The molecule has 0 radical (unpaired) electrons. The Morgan fingerprint density at radius 3 is 2.89 bits per heavy atom. The van der Waals surface area contributed by atoms with Crippen LogP contribution in [0.2, 0.25) is 0 Å². The number of nitrogens with one attached hydrogen (secondary N) is 1. The molecule has 0 atom stereocenters. The second-order valence-corrected chi connectivity index (χ2v) is 5.87. The lowest BCUT2D eigenvalue weighted by Gasteiger charge is -2.16. The fraction of sp³-hybridized carbons (Fsp3) is 0.417. The number of carbonyl (C=O) groups excluding carboxylic acids is 1. The number of hydrogen-bond acceptors (Lipinski definition) is 5. The zero-order valence-corrected chi connectivity index (χ0v) is 11.4. The first-order valence-electron chi connectivity index (χ1n) is 5.61. The standard InChI is InChI=1S/C12H15N3O2S/c1-12(2,3)11(16)13-7-9-14-10(17-15-9)8-5-4-6-18-8/h4-6H,7H2,1-3H3,(H,13,16). The minimum absolute atomic E-state index is 0.0371. The maximum Gasteiger partial charge on any atom is 0.268 e. The summed E-state index contributed by atoms with van der Waals surface area (Å²) < 4.78 is 5.12. The molecule has 0 saturated heterocycles. The van der Waals surface area contributed by atoms with E-state index in [2.05, 4.69) is 15.5 Å². The Morgan fingerprint density at radius 1 is 1.50 bits per heavy atom. The van der Waals surface area contributed by atoms with Crippen LogP contribution in [-0.2, 0) is 11.3 Å². The quantitative estimate of drug-likeness (QED) is 0.925. The van der Waals surface area contributed by atoms with E-state index in [0.29, 0.717) is 11.7 Å².